The Labute approximate surface area is 157 Å². The third-order valence-electron chi connectivity index (χ3n) is 3.18. The maximum absolute atomic E-state index is 12.2. The molecule has 0 atom stereocenters. The van der Waals surface area contributed by atoms with E-state index in [4.69, 9.17) is 11.6 Å². The number of rotatable bonds is 6. The summed E-state index contributed by atoms with van der Waals surface area (Å²) in [6, 6.07) is 15.1. The lowest BCUT2D eigenvalue weighted by molar-refractivity contribution is -0.123. The van der Waals surface area contributed by atoms with E-state index in [-0.39, 0.29) is 5.91 Å². The highest BCUT2D eigenvalue weighted by molar-refractivity contribution is 7.99. The average Bonchev–Trinajstić information content (AvgIpc) is 2.57. The standard InChI is InChI=1S/C18H21ClN4OS/c1-18(2,3)17(24)21-15-10-9-13(19)11-16(15)22-23-20-12-25-14-7-5-4-6-8-14/h4-11H,12H2,1-3H3,(H,20,22)(H,21,24). The van der Waals surface area contributed by atoms with Crippen molar-refractivity contribution in [1.82, 2.24) is 0 Å². The zero-order valence-corrected chi connectivity index (χ0v) is 16.0. The number of nitrogens with one attached hydrogen (secondary N) is 2. The Kier molecular flexibility index (Phi) is 6.84. The van der Waals surface area contributed by atoms with Crippen LogP contribution >= 0.6 is 23.4 Å². The van der Waals surface area contributed by atoms with Gasteiger partial charge in [0.1, 0.15) is 5.88 Å². The molecule has 0 radical (unpaired) electrons. The molecule has 25 heavy (non-hydrogen) atoms. The maximum atomic E-state index is 12.2. The summed E-state index contributed by atoms with van der Waals surface area (Å²) in [5.41, 5.74) is 3.55. The molecular weight excluding hydrogens is 356 g/mol. The molecule has 7 heteroatoms. The van der Waals surface area contributed by atoms with Crippen molar-refractivity contribution in [2.24, 2.45) is 15.8 Å². The predicted octanol–water partition coefficient (Wildman–Crippen LogP) is 5.85. The zero-order chi connectivity index (χ0) is 18.3. The SMILES string of the molecule is CC(C)(C)C(=O)Nc1ccc(Cl)cc1N/N=N/CSc1ccccc1. The van der Waals surface area contributed by atoms with Crippen molar-refractivity contribution in [1.29, 1.82) is 0 Å². The van der Waals surface area contributed by atoms with Crippen molar-refractivity contribution in [2.75, 3.05) is 16.6 Å². The molecule has 0 aliphatic carbocycles. The Bertz CT molecular complexity index is 744. The van der Waals surface area contributed by atoms with Gasteiger partial charge in [0.25, 0.3) is 0 Å². The number of hydrogen-bond donors (Lipinski definition) is 2. The third kappa shape index (κ3) is 6.40. The first kappa shape index (κ1) is 19.3. The first-order valence-corrected chi connectivity index (χ1v) is 9.14. The summed E-state index contributed by atoms with van der Waals surface area (Å²) in [4.78, 5) is 13.3. The number of carbonyl (C=O) groups excluding carboxylic acids is 1. The number of anilines is 2. The zero-order valence-electron chi connectivity index (χ0n) is 14.4. The van der Waals surface area contributed by atoms with Crippen LogP contribution in [0.25, 0.3) is 0 Å². The van der Waals surface area contributed by atoms with Crippen molar-refractivity contribution >= 4 is 40.6 Å². The molecule has 0 fully saturated rings. The van der Waals surface area contributed by atoms with Gasteiger partial charge in [-0.05, 0) is 30.3 Å². The number of nitrogens with zero attached hydrogens (tertiary/aromatic N) is 2. The second kappa shape index (κ2) is 8.87. The average molecular weight is 377 g/mol. The lowest BCUT2D eigenvalue weighted by Crippen LogP contribution is -2.27. The van der Waals surface area contributed by atoms with Crippen LogP contribution in [0.3, 0.4) is 0 Å². The van der Waals surface area contributed by atoms with E-state index in [0.717, 1.165) is 4.90 Å². The van der Waals surface area contributed by atoms with Gasteiger partial charge >= 0.3 is 0 Å². The molecule has 0 bridgehead atoms. The van der Waals surface area contributed by atoms with Crippen LogP contribution in [0.5, 0.6) is 0 Å². The van der Waals surface area contributed by atoms with E-state index in [0.29, 0.717) is 22.3 Å². The van der Waals surface area contributed by atoms with E-state index >= 15 is 0 Å². The van der Waals surface area contributed by atoms with Crippen LogP contribution in [-0.2, 0) is 4.79 Å². The van der Waals surface area contributed by atoms with Gasteiger partial charge in [0.15, 0.2) is 0 Å². The van der Waals surface area contributed by atoms with Gasteiger partial charge in [0.2, 0.25) is 5.91 Å². The Morgan fingerprint density at radius 3 is 2.52 bits per heavy atom. The van der Waals surface area contributed by atoms with E-state index < -0.39 is 5.41 Å². The van der Waals surface area contributed by atoms with Gasteiger partial charge in [-0.15, -0.1) is 11.8 Å². The molecule has 0 unspecified atom stereocenters. The summed E-state index contributed by atoms with van der Waals surface area (Å²) < 4.78 is 0. The monoisotopic (exact) mass is 376 g/mol. The molecule has 5 nitrogen and oxygen atoms in total. The van der Waals surface area contributed by atoms with Gasteiger partial charge < -0.3 is 5.32 Å². The molecule has 2 aromatic rings. The smallest absolute Gasteiger partial charge is 0.229 e. The van der Waals surface area contributed by atoms with Crippen LogP contribution in [0.15, 0.2) is 63.8 Å². The first-order chi connectivity index (χ1) is 11.9. The van der Waals surface area contributed by atoms with E-state index in [1.54, 1.807) is 30.0 Å². The van der Waals surface area contributed by atoms with Crippen molar-refractivity contribution in [2.45, 2.75) is 25.7 Å². The second-order valence-electron chi connectivity index (χ2n) is 6.33. The molecule has 0 spiro atoms. The largest absolute Gasteiger partial charge is 0.324 e. The Morgan fingerprint density at radius 1 is 1.12 bits per heavy atom. The molecule has 2 aromatic carbocycles. The highest BCUT2D eigenvalue weighted by Gasteiger charge is 2.22. The van der Waals surface area contributed by atoms with Crippen LogP contribution in [0.1, 0.15) is 20.8 Å². The minimum Gasteiger partial charge on any atom is -0.324 e. The summed E-state index contributed by atoms with van der Waals surface area (Å²) in [5.74, 6) is 0.399. The number of benzene rings is 2. The van der Waals surface area contributed by atoms with E-state index in [1.807, 2.05) is 51.1 Å². The predicted molar refractivity (Wildman–Crippen MR) is 105 cm³/mol. The maximum Gasteiger partial charge on any atom is 0.229 e. The first-order valence-electron chi connectivity index (χ1n) is 7.77. The van der Waals surface area contributed by atoms with Crippen LogP contribution in [0, 0.1) is 5.41 Å². The fourth-order valence-electron chi connectivity index (χ4n) is 1.77. The summed E-state index contributed by atoms with van der Waals surface area (Å²) in [6.45, 7) is 5.56. The molecule has 0 aromatic heterocycles. The summed E-state index contributed by atoms with van der Waals surface area (Å²) in [5, 5.41) is 11.5. The minimum atomic E-state index is -0.495. The van der Waals surface area contributed by atoms with Gasteiger partial charge in [0.05, 0.1) is 11.4 Å². The molecule has 2 rings (SSSR count). The fourth-order valence-corrected chi connectivity index (χ4v) is 2.55. The molecule has 0 aliphatic heterocycles. The highest BCUT2D eigenvalue weighted by Crippen LogP contribution is 2.28. The van der Waals surface area contributed by atoms with E-state index in [9.17, 15) is 4.79 Å². The Morgan fingerprint density at radius 2 is 1.84 bits per heavy atom. The number of carbonyl (C=O) groups is 1. The number of amides is 1. The molecule has 1 amide bonds. The van der Waals surface area contributed by atoms with Gasteiger partial charge in [-0.1, -0.05) is 55.8 Å². The fraction of sp³-hybridized carbons (Fsp3) is 0.278. The van der Waals surface area contributed by atoms with E-state index in [2.05, 4.69) is 21.1 Å². The van der Waals surface area contributed by atoms with E-state index in [1.165, 1.54) is 0 Å². The highest BCUT2D eigenvalue weighted by atomic mass is 35.5. The summed E-state index contributed by atoms with van der Waals surface area (Å²) >= 11 is 7.62. The topological polar surface area (TPSA) is 65.8 Å². The summed E-state index contributed by atoms with van der Waals surface area (Å²) in [7, 11) is 0. The Hall–Kier alpha value is -2.05. The van der Waals surface area contributed by atoms with Gasteiger partial charge in [-0.2, -0.15) is 5.11 Å². The third-order valence-corrected chi connectivity index (χ3v) is 4.27. The molecule has 0 saturated heterocycles. The minimum absolute atomic E-state index is 0.0885. The van der Waals surface area contributed by atoms with Crippen molar-refractivity contribution in [3.05, 3.63) is 53.6 Å². The lowest BCUT2D eigenvalue weighted by Gasteiger charge is -2.19. The Balaban J connectivity index is 1.97. The van der Waals surface area contributed by atoms with Crippen LogP contribution in [-0.4, -0.2) is 11.8 Å². The number of halogens is 1. The normalized spacial score (nSPS) is 11.5. The molecular formula is C18H21ClN4OS. The number of hydrogen-bond acceptors (Lipinski definition) is 4. The van der Waals surface area contributed by atoms with Crippen molar-refractivity contribution < 1.29 is 4.79 Å². The van der Waals surface area contributed by atoms with Gasteiger partial charge in [-0.3, -0.25) is 10.2 Å². The van der Waals surface area contributed by atoms with Crippen LogP contribution in [0.4, 0.5) is 11.4 Å². The van der Waals surface area contributed by atoms with Gasteiger partial charge in [-0.25, -0.2) is 0 Å². The molecule has 0 aliphatic rings. The second-order valence-corrected chi connectivity index (χ2v) is 7.79. The molecule has 0 saturated carbocycles. The van der Waals surface area contributed by atoms with Crippen molar-refractivity contribution in [3.8, 4) is 0 Å². The molecule has 0 heterocycles. The number of thioether (sulfide) groups is 1. The summed E-state index contributed by atoms with van der Waals surface area (Å²) in [6.07, 6.45) is 0. The quantitative estimate of drug-likeness (QED) is 0.377. The van der Waals surface area contributed by atoms with Gasteiger partial charge in [0, 0.05) is 15.3 Å². The van der Waals surface area contributed by atoms with Crippen molar-refractivity contribution in [3.63, 3.8) is 0 Å². The molecule has 2 N–H and O–H groups in total. The van der Waals surface area contributed by atoms with Crippen LogP contribution in [0.2, 0.25) is 5.02 Å². The molecule has 132 valence electrons. The lowest BCUT2D eigenvalue weighted by atomic mass is 9.95. The van der Waals surface area contributed by atoms with Crippen LogP contribution < -0.4 is 10.7 Å².